The number of halogens is 1. The van der Waals surface area contributed by atoms with Crippen LogP contribution >= 0.6 is 11.6 Å². The minimum absolute atomic E-state index is 0.00301. The van der Waals surface area contributed by atoms with Crippen LogP contribution in [0.2, 0.25) is 5.02 Å². The van der Waals surface area contributed by atoms with Gasteiger partial charge in [0.25, 0.3) is 11.8 Å². The number of benzene rings is 2. The van der Waals surface area contributed by atoms with Crippen molar-refractivity contribution in [1.82, 2.24) is 4.98 Å². The summed E-state index contributed by atoms with van der Waals surface area (Å²) < 4.78 is 5.93. The molecule has 0 radical (unpaired) electrons. The Morgan fingerprint density at radius 1 is 1.00 bits per heavy atom. The van der Waals surface area contributed by atoms with E-state index in [4.69, 9.17) is 16.0 Å². The molecule has 0 unspecified atom stereocenters. The van der Waals surface area contributed by atoms with Gasteiger partial charge >= 0.3 is 0 Å². The van der Waals surface area contributed by atoms with Crippen LogP contribution in [-0.2, 0) is 11.3 Å². The number of piperazine rings is 1. The van der Waals surface area contributed by atoms with Crippen molar-refractivity contribution in [2.75, 3.05) is 38.0 Å². The van der Waals surface area contributed by atoms with E-state index in [9.17, 15) is 4.79 Å². The summed E-state index contributed by atoms with van der Waals surface area (Å²) in [5, 5.41) is 3.46. The molecular weight excluding hydrogens is 388 g/mol. The lowest BCUT2D eigenvalue weighted by molar-refractivity contribution is -1.02. The first kappa shape index (κ1) is 19.6. The normalized spacial score (nSPS) is 19.1. The lowest BCUT2D eigenvalue weighted by Crippen LogP contribution is -3.28. The highest BCUT2D eigenvalue weighted by molar-refractivity contribution is 6.33. The van der Waals surface area contributed by atoms with Crippen LogP contribution in [-0.4, -0.2) is 43.6 Å². The molecule has 1 aliphatic rings. The van der Waals surface area contributed by atoms with Crippen molar-refractivity contribution in [2.24, 2.45) is 0 Å². The van der Waals surface area contributed by atoms with Crippen LogP contribution in [0.3, 0.4) is 0 Å². The van der Waals surface area contributed by atoms with E-state index >= 15 is 0 Å². The van der Waals surface area contributed by atoms with E-state index in [0.717, 1.165) is 49.9 Å². The van der Waals surface area contributed by atoms with E-state index in [1.165, 1.54) is 9.80 Å². The molecule has 150 valence electrons. The molecule has 0 aliphatic carbocycles. The Labute approximate surface area is 175 Å². The summed E-state index contributed by atoms with van der Waals surface area (Å²) in [7, 11) is 0. The fourth-order valence-corrected chi connectivity index (χ4v) is 3.82. The van der Waals surface area contributed by atoms with Crippen molar-refractivity contribution < 1.29 is 19.0 Å². The van der Waals surface area contributed by atoms with Crippen LogP contribution in [0.1, 0.15) is 5.89 Å². The van der Waals surface area contributed by atoms with Crippen LogP contribution in [0.15, 0.2) is 65.2 Å². The Bertz CT molecular complexity index is 952. The zero-order chi connectivity index (χ0) is 20.1. The fraction of sp³-hybridized carbons (Fsp3) is 0.273. The summed E-state index contributed by atoms with van der Waals surface area (Å²) in [6.07, 6.45) is 1.80. The van der Waals surface area contributed by atoms with E-state index < -0.39 is 0 Å². The molecule has 1 saturated heterocycles. The maximum Gasteiger partial charge on any atom is 0.279 e. The van der Waals surface area contributed by atoms with Crippen LogP contribution in [0.4, 0.5) is 5.69 Å². The van der Waals surface area contributed by atoms with Gasteiger partial charge in [-0.3, -0.25) is 4.79 Å². The second kappa shape index (κ2) is 9.22. The third-order valence-electron chi connectivity index (χ3n) is 5.24. The number of oxazole rings is 1. The molecule has 2 aromatic carbocycles. The van der Waals surface area contributed by atoms with Crippen LogP contribution < -0.4 is 15.1 Å². The Morgan fingerprint density at radius 2 is 1.69 bits per heavy atom. The number of hydrogen-bond acceptors (Lipinski definition) is 3. The number of hydrogen-bond donors (Lipinski definition) is 3. The number of amides is 1. The zero-order valence-electron chi connectivity index (χ0n) is 16.2. The van der Waals surface area contributed by atoms with Gasteiger partial charge < -0.3 is 19.5 Å². The molecule has 29 heavy (non-hydrogen) atoms. The number of carbonyl (C=O) groups excluding carboxylic acids is 1. The van der Waals surface area contributed by atoms with E-state index in [2.05, 4.69) is 10.3 Å². The van der Waals surface area contributed by atoms with Gasteiger partial charge in [0.05, 0.1) is 16.9 Å². The quantitative estimate of drug-likeness (QED) is 0.564. The standard InChI is InChI=1S/C22H23ClN4O2/c23-18-8-4-5-9-19(18)25-21(28)15-26-10-12-27(13-11-26)16-22-24-14-20(29-22)17-6-2-1-3-7-17/h1-9,14H,10-13,15-16H2,(H,25,28)/p+2. The molecule has 1 fully saturated rings. The van der Waals surface area contributed by atoms with Crippen LogP contribution in [0.5, 0.6) is 0 Å². The molecule has 7 heteroatoms. The number of anilines is 1. The van der Waals surface area contributed by atoms with Gasteiger partial charge in [0, 0.05) is 5.56 Å². The Kier molecular flexibility index (Phi) is 6.24. The lowest BCUT2D eigenvalue weighted by atomic mass is 10.2. The Balaban J connectivity index is 1.24. The van der Waals surface area contributed by atoms with Gasteiger partial charge in [0.15, 0.2) is 18.8 Å². The Hall–Kier alpha value is -2.67. The molecular formula is C22H25ClN4O2+2. The third-order valence-corrected chi connectivity index (χ3v) is 5.57. The third kappa shape index (κ3) is 5.23. The number of para-hydroxylation sites is 1. The highest BCUT2D eigenvalue weighted by Crippen LogP contribution is 2.20. The van der Waals surface area contributed by atoms with Crippen molar-refractivity contribution in [3.05, 3.63) is 71.7 Å². The summed E-state index contributed by atoms with van der Waals surface area (Å²) in [6, 6.07) is 17.3. The van der Waals surface area contributed by atoms with E-state index in [1.54, 1.807) is 12.3 Å². The number of aromatic nitrogens is 1. The minimum Gasteiger partial charge on any atom is -0.435 e. The SMILES string of the molecule is O=C(C[NH+]1CC[NH+](Cc2ncc(-c3ccccc3)o2)CC1)Nc1ccccc1Cl. The molecule has 3 N–H and O–H groups in total. The van der Waals surface area contributed by atoms with E-state index in [1.807, 2.05) is 48.5 Å². The molecule has 0 bridgehead atoms. The predicted octanol–water partition coefficient (Wildman–Crippen LogP) is 0.917. The van der Waals surface area contributed by atoms with Gasteiger partial charge in [-0.15, -0.1) is 0 Å². The second-order valence-electron chi connectivity index (χ2n) is 7.37. The first-order chi connectivity index (χ1) is 14.2. The average molecular weight is 413 g/mol. The number of quaternary nitrogens is 2. The largest absolute Gasteiger partial charge is 0.435 e. The number of nitrogens with one attached hydrogen (secondary N) is 3. The summed E-state index contributed by atoms with van der Waals surface area (Å²) in [6.45, 7) is 5.08. The predicted molar refractivity (Wildman–Crippen MR) is 112 cm³/mol. The minimum atomic E-state index is -0.00301. The van der Waals surface area contributed by atoms with Gasteiger partial charge in [-0.05, 0) is 12.1 Å². The topological polar surface area (TPSA) is 64.0 Å². The van der Waals surface area contributed by atoms with Gasteiger partial charge in [0.1, 0.15) is 26.2 Å². The lowest BCUT2D eigenvalue weighted by Gasteiger charge is -2.28. The molecule has 0 atom stereocenters. The van der Waals surface area contributed by atoms with Crippen molar-refractivity contribution in [1.29, 1.82) is 0 Å². The number of rotatable bonds is 6. The highest BCUT2D eigenvalue weighted by atomic mass is 35.5. The van der Waals surface area contributed by atoms with Gasteiger partial charge in [-0.1, -0.05) is 54.1 Å². The van der Waals surface area contributed by atoms with Crippen molar-refractivity contribution in [3.8, 4) is 11.3 Å². The second-order valence-corrected chi connectivity index (χ2v) is 7.77. The van der Waals surface area contributed by atoms with Crippen LogP contribution in [0, 0.1) is 0 Å². The molecule has 1 amide bonds. The maximum absolute atomic E-state index is 12.3. The summed E-state index contributed by atoms with van der Waals surface area (Å²) in [4.78, 5) is 19.5. The van der Waals surface area contributed by atoms with Gasteiger partial charge in [-0.25, -0.2) is 4.98 Å². The maximum atomic E-state index is 12.3. The van der Waals surface area contributed by atoms with Gasteiger partial charge in [-0.2, -0.15) is 0 Å². The molecule has 6 nitrogen and oxygen atoms in total. The molecule has 0 saturated carbocycles. The molecule has 2 heterocycles. The highest BCUT2D eigenvalue weighted by Gasteiger charge is 2.26. The monoisotopic (exact) mass is 412 g/mol. The average Bonchev–Trinajstić information content (AvgIpc) is 3.20. The Morgan fingerprint density at radius 3 is 2.45 bits per heavy atom. The molecule has 1 aliphatic heterocycles. The number of carbonyl (C=O) groups is 1. The molecule has 4 rings (SSSR count). The molecule has 1 aromatic heterocycles. The summed E-state index contributed by atoms with van der Waals surface area (Å²) in [5.41, 5.74) is 1.71. The molecule has 3 aromatic rings. The van der Waals surface area contributed by atoms with Crippen molar-refractivity contribution in [2.45, 2.75) is 6.54 Å². The van der Waals surface area contributed by atoms with Crippen LogP contribution in [0.25, 0.3) is 11.3 Å². The smallest absolute Gasteiger partial charge is 0.279 e. The number of nitrogens with zero attached hydrogens (tertiary/aromatic N) is 1. The first-order valence-corrected chi connectivity index (χ1v) is 10.3. The van der Waals surface area contributed by atoms with E-state index in [0.29, 0.717) is 17.3 Å². The summed E-state index contributed by atoms with van der Waals surface area (Å²) in [5.74, 6) is 1.57. The first-order valence-electron chi connectivity index (χ1n) is 9.89. The molecule has 0 spiro atoms. The zero-order valence-corrected chi connectivity index (χ0v) is 16.9. The summed E-state index contributed by atoms with van der Waals surface area (Å²) >= 11 is 6.11. The fourth-order valence-electron chi connectivity index (χ4n) is 3.64. The van der Waals surface area contributed by atoms with E-state index in [-0.39, 0.29) is 5.91 Å². The van der Waals surface area contributed by atoms with Gasteiger partial charge in [0.2, 0.25) is 0 Å². The van der Waals surface area contributed by atoms with Crippen molar-refractivity contribution >= 4 is 23.2 Å². The van der Waals surface area contributed by atoms with Crippen molar-refractivity contribution in [3.63, 3.8) is 0 Å².